The van der Waals surface area contributed by atoms with E-state index in [1.54, 1.807) is 18.6 Å². The molecule has 3 heterocycles. The van der Waals surface area contributed by atoms with E-state index in [2.05, 4.69) is 37.1 Å². The molecule has 0 aliphatic rings. The quantitative estimate of drug-likeness (QED) is 0.630. The maximum Gasteiger partial charge on any atom is 0.224 e. The Hall–Kier alpha value is -2.96. The Kier molecular flexibility index (Phi) is 4.16. The Labute approximate surface area is 142 Å². The number of hydrogen-bond acceptors (Lipinski definition) is 5. The molecule has 128 valence electrons. The van der Waals surface area contributed by atoms with E-state index in [1.165, 1.54) is 13.8 Å². The van der Waals surface area contributed by atoms with Gasteiger partial charge < -0.3 is 15.6 Å². The van der Waals surface area contributed by atoms with Crippen molar-refractivity contribution in [1.29, 1.82) is 0 Å². The van der Waals surface area contributed by atoms with Gasteiger partial charge in [0, 0.05) is 38.0 Å². The molecule has 0 amide bonds. The predicted octanol–water partition coefficient (Wildman–Crippen LogP) is 4.23. The number of halogens is 1. The molecule has 0 atom stereocenters. The summed E-state index contributed by atoms with van der Waals surface area (Å²) in [5.41, 5.74) is 1.27. The van der Waals surface area contributed by atoms with Gasteiger partial charge in [-0.05, 0) is 32.2 Å². The summed E-state index contributed by atoms with van der Waals surface area (Å²) in [4.78, 5) is 16.1. The average Bonchev–Trinajstić information content (AvgIpc) is 2.96. The fourth-order valence-corrected chi connectivity index (χ4v) is 2.26. The van der Waals surface area contributed by atoms with Crippen LogP contribution in [0.1, 0.15) is 16.7 Å². The van der Waals surface area contributed by atoms with E-state index >= 15 is 0 Å². The van der Waals surface area contributed by atoms with Crippen molar-refractivity contribution in [3.05, 3.63) is 43.5 Å². The number of pyridine rings is 1. The molecule has 3 rings (SSSR count). The van der Waals surface area contributed by atoms with Gasteiger partial charge in [0.05, 0.1) is 6.54 Å². The summed E-state index contributed by atoms with van der Waals surface area (Å²) in [5.74, 6) is 1.12. The molecule has 0 fully saturated rings. The second kappa shape index (κ2) is 6.27. The minimum atomic E-state index is -1.33. The Morgan fingerprint density at radius 3 is 2.83 bits per heavy atom. The van der Waals surface area contributed by atoms with Crippen LogP contribution in [0.15, 0.2) is 43.5 Å². The summed E-state index contributed by atoms with van der Waals surface area (Å²) in [6.45, 7) is 6.76. The van der Waals surface area contributed by atoms with Crippen molar-refractivity contribution >= 4 is 22.8 Å². The third kappa shape index (κ3) is 3.51. The lowest BCUT2D eigenvalue weighted by atomic mass is 10.1. The Bertz CT molecular complexity index is 858. The molecular weight excluding hydrogens is 307 g/mol. The lowest BCUT2D eigenvalue weighted by Gasteiger charge is -2.14. The second-order valence-electron chi connectivity index (χ2n) is 6.01. The predicted molar refractivity (Wildman–Crippen MR) is 98.8 cm³/mol. The minimum Gasteiger partial charge on any atom is -0.351 e. The number of H-pyrrole nitrogens is 1. The van der Waals surface area contributed by atoms with Crippen molar-refractivity contribution in [3.63, 3.8) is 0 Å². The molecule has 0 radical (unpaired) electrons. The molecule has 0 aliphatic carbocycles. The Morgan fingerprint density at radius 2 is 2.17 bits per heavy atom. The first-order valence-corrected chi connectivity index (χ1v) is 7.57. The van der Waals surface area contributed by atoms with Crippen molar-refractivity contribution in [2.24, 2.45) is 0 Å². The summed E-state index contributed by atoms with van der Waals surface area (Å²) >= 11 is 0. The van der Waals surface area contributed by atoms with E-state index < -0.39 is 5.67 Å². The van der Waals surface area contributed by atoms with Gasteiger partial charge in [-0.2, -0.15) is 4.98 Å². The zero-order chi connectivity index (χ0) is 17.2. The van der Waals surface area contributed by atoms with Crippen LogP contribution in [-0.4, -0.2) is 32.1 Å². The number of nitrogens with one attached hydrogen (secondary N) is 3. The highest BCUT2D eigenvalue weighted by Gasteiger charge is 2.16. The number of alkyl halides is 1. The highest BCUT2D eigenvalue weighted by atomic mass is 19.1. The summed E-state index contributed by atoms with van der Waals surface area (Å²) in [5, 5.41) is 6.71. The van der Waals surface area contributed by atoms with Crippen LogP contribution in [0.2, 0.25) is 0 Å². The lowest BCUT2D eigenvalue weighted by molar-refractivity contribution is 0.234. The highest BCUT2D eigenvalue weighted by Crippen LogP contribution is 2.27. The zero-order valence-electron chi connectivity index (χ0n) is 13.6. The van der Waals surface area contributed by atoms with E-state index in [-0.39, 0.29) is 9.40 Å². The first-order chi connectivity index (χ1) is 11.5. The summed E-state index contributed by atoms with van der Waals surface area (Å²) in [6.07, 6.45) is 6.93. The van der Waals surface area contributed by atoms with Crippen molar-refractivity contribution in [1.82, 2.24) is 19.9 Å². The van der Waals surface area contributed by atoms with Crippen LogP contribution in [0.5, 0.6) is 0 Å². The van der Waals surface area contributed by atoms with Crippen LogP contribution in [0.3, 0.4) is 0 Å². The summed E-state index contributed by atoms with van der Waals surface area (Å²) in [7, 11) is 0. The third-order valence-corrected chi connectivity index (χ3v) is 3.42. The molecule has 0 aliphatic heterocycles. The van der Waals surface area contributed by atoms with E-state index in [4.69, 9.17) is 0 Å². The third-order valence-electron chi connectivity index (χ3n) is 3.42. The first kappa shape index (κ1) is 15.9. The van der Waals surface area contributed by atoms with Crippen LogP contribution in [0.25, 0.3) is 22.2 Å². The smallest absolute Gasteiger partial charge is 0.224 e. The number of rotatable bonds is 6. The average molecular weight is 330 g/mol. The molecule has 0 saturated heterocycles. The molecule has 3 N–H and O–H groups in total. The standard InChI is InChI=1S/C17H19FN6.2H2/c1-4-19-14-6-5-11(7-20-14)12-8-21-15-13(12)9-22-16(24-15)23-10-17(2,3)18;;/h4-9H,1,10H2,2-3H3,(H,19,20)(H2,21,22,23,24);2*1H. The fraction of sp³-hybridized carbons (Fsp3) is 0.235. The van der Waals surface area contributed by atoms with Gasteiger partial charge in [0.25, 0.3) is 0 Å². The Morgan fingerprint density at radius 1 is 1.33 bits per heavy atom. The van der Waals surface area contributed by atoms with Gasteiger partial charge in [0.15, 0.2) is 0 Å². The molecule has 0 saturated carbocycles. The topological polar surface area (TPSA) is 78.5 Å². The fourth-order valence-electron chi connectivity index (χ4n) is 2.26. The molecular formula is C17H23FN6. The zero-order valence-corrected chi connectivity index (χ0v) is 13.6. The molecule has 0 unspecified atom stereocenters. The van der Waals surface area contributed by atoms with E-state index in [0.717, 1.165) is 22.3 Å². The van der Waals surface area contributed by atoms with Crippen molar-refractivity contribution in [2.75, 3.05) is 17.2 Å². The molecule has 0 aromatic carbocycles. The monoisotopic (exact) mass is 330 g/mol. The van der Waals surface area contributed by atoms with Gasteiger partial charge in [0.1, 0.15) is 17.1 Å². The molecule has 3 aromatic heterocycles. The van der Waals surface area contributed by atoms with Crippen molar-refractivity contribution < 1.29 is 7.24 Å². The highest BCUT2D eigenvalue weighted by molar-refractivity contribution is 5.93. The largest absolute Gasteiger partial charge is 0.351 e. The number of aromatic nitrogens is 4. The SMILES string of the molecule is C=CNc1ccc(-c2c[nH]c3nc(NCC(C)(C)F)ncc23)cn1.[HH].[HH]. The molecule has 0 bridgehead atoms. The maximum absolute atomic E-state index is 13.6. The maximum atomic E-state index is 13.6. The van der Waals surface area contributed by atoms with Gasteiger partial charge in [-0.15, -0.1) is 0 Å². The van der Waals surface area contributed by atoms with Crippen LogP contribution >= 0.6 is 0 Å². The van der Waals surface area contributed by atoms with Gasteiger partial charge in [0.2, 0.25) is 5.95 Å². The number of hydrogen-bond donors (Lipinski definition) is 3. The first-order valence-electron chi connectivity index (χ1n) is 7.57. The van der Waals surface area contributed by atoms with E-state index in [1.807, 2.05) is 18.3 Å². The molecule has 0 spiro atoms. The number of aromatic amines is 1. The van der Waals surface area contributed by atoms with E-state index in [0.29, 0.717) is 11.6 Å². The van der Waals surface area contributed by atoms with Gasteiger partial charge in [-0.3, -0.25) is 0 Å². The normalized spacial score (nSPS) is 11.5. The van der Waals surface area contributed by atoms with Crippen LogP contribution in [0.4, 0.5) is 16.2 Å². The van der Waals surface area contributed by atoms with Crippen LogP contribution < -0.4 is 10.6 Å². The van der Waals surface area contributed by atoms with Crippen molar-refractivity contribution in [2.45, 2.75) is 19.5 Å². The summed E-state index contributed by atoms with van der Waals surface area (Å²) < 4.78 is 13.6. The summed E-state index contributed by atoms with van der Waals surface area (Å²) in [6, 6.07) is 3.83. The van der Waals surface area contributed by atoms with Gasteiger partial charge in [-0.1, -0.05) is 6.58 Å². The molecule has 7 heteroatoms. The molecule has 6 nitrogen and oxygen atoms in total. The number of nitrogens with zero attached hydrogens (tertiary/aromatic N) is 3. The van der Waals surface area contributed by atoms with Crippen molar-refractivity contribution in [3.8, 4) is 11.1 Å². The molecule has 24 heavy (non-hydrogen) atoms. The second-order valence-corrected chi connectivity index (χ2v) is 6.01. The number of fused-ring (bicyclic) bond motifs is 1. The molecule has 3 aromatic rings. The van der Waals surface area contributed by atoms with E-state index in [9.17, 15) is 4.39 Å². The van der Waals surface area contributed by atoms with Gasteiger partial charge in [-0.25, -0.2) is 14.4 Å². The minimum absolute atomic E-state index is 0. The van der Waals surface area contributed by atoms with Crippen LogP contribution in [-0.2, 0) is 0 Å². The van der Waals surface area contributed by atoms with Gasteiger partial charge >= 0.3 is 0 Å². The Balaban J connectivity index is 0.00000169. The lowest BCUT2D eigenvalue weighted by Crippen LogP contribution is -2.25. The van der Waals surface area contributed by atoms with Crippen LogP contribution in [0, 0.1) is 0 Å². The number of anilines is 2.